The van der Waals surface area contributed by atoms with Crippen molar-refractivity contribution >= 4 is 6.03 Å². The van der Waals surface area contributed by atoms with E-state index in [9.17, 15) is 9.90 Å². The highest BCUT2D eigenvalue weighted by atomic mass is 16.5. The Balaban J connectivity index is 1.45. The van der Waals surface area contributed by atoms with Crippen LogP contribution in [0.3, 0.4) is 0 Å². The Morgan fingerprint density at radius 3 is 3.04 bits per heavy atom. The van der Waals surface area contributed by atoms with Crippen molar-refractivity contribution in [3.63, 3.8) is 0 Å². The first-order chi connectivity index (χ1) is 12.1. The first-order valence-electron chi connectivity index (χ1n) is 9.23. The van der Waals surface area contributed by atoms with Crippen LogP contribution < -0.4 is 5.32 Å². The van der Waals surface area contributed by atoms with Crippen LogP contribution in [0.25, 0.3) is 0 Å². The molecular weight excluding hydrogens is 318 g/mol. The van der Waals surface area contributed by atoms with Crippen LogP contribution >= 0.6 is 0 Å². The number of carbonyl (C=O) groups is 1. The summed E-state index contributed by atoms with van der Waals surface area (Å²) in [5.74, 6) is 0.906. The van der Waals surface area contributed by atoms with Gasteiger partial charge in [-0.25, -0.2) is 4.79 Å². The highest BCUT2D eigenvalue weighted by Gasteiger charge is 2.25. The molecule has 2 saturated heterocycles. The Kier molecular flexibility index (Phi) is 6.15. The van der Waals surface area contributed by atoms with Crippen LogP contribution in [0.5, 0.6) is 5.75 Å². The standard InChI is InChI=1S/C19H29N3O3/c1-21-9-3-4-15(13-21)7-8-20-19(24)22-10-11-25-18(14-22)16-5-2-6-17(23)12-16/h2,5-6,12,15,18,23H,3-4,7-11,13-14H2,1H3,(H,20,24). The molecule has 2 atom stereocenters. The molecule has 0 saturated carbocycles. The third-order valence-corrected chi connectivity index (χ3v) is 5.15. The summed E-state index contributed by atoms with van der Waals surface area (Å²) in [6.45, 7) is 4.68. The topological polar surface area (TPSA) is 65.0 Å². The summed E-state index contributed by atoms with van der Waals surface area (Å²) in [4.78, 5) is 16.6. The number of phenols is 1. The second kappa shape index (κ2) is 8.54. The Bertz CT molecular complexity index is 581. The monoisotopic (exact) mass is 347 g/mol. The Hall–Kier alpha value is -1.79. The van der Waals surface area contributed by atoms with Gasteiger partial charge in [0.05, 0.1) is 13.2 Å². The van der Waals surface area contributed by atoms with E-state index in [1.807, 2.05) is 11.0 Å². The molecule has 0 aromatic heterocycles. The zero-order chi connectivity index (χ0) is 17.6. The number of piperidine rings is 1. The van der Waals surface area contributed by atoms with Crippen LogP contribution in [0.2, 0.25) is 0 Å². The van der Waals surface area contributed by atoms with Gasteiger partial charge >= 0.3 is 6.03 Å². The molecule has 2 heterocycles. The molecule has 2 fully saturated rings. The minimum absolute atomic E-state index is 0.0161. The number of nitrogens with zero attached hydrogens (tertiary/aromatic N) is 2. The van der Waals surface area contributed by atoms with E-state index in [-0.39, 0.29) is 17.9 Å². The first-order valence-corrected chi connectivity index (χ1v) is 9.23. The van der Waals surface area contributed by atoms with Crippen molar-refractivity contribution < 1.29 is 14.6 Å². The van der Waals surface area contributed by atoms with Gasteiger partial charge in [-0.2, -0.15) is 0 Å². The van der Waals surface area contributed by atoms with Gasteiger partial charge in [-0.1, -0.05) is 12.1 Å². The van der Waals surface area contributed by atoms with E-state index >= 15 is 0 Å². The van der Waals surface area contributed by atoms with Gasteiger partial charge in [0.15, 0.2) is 0 Å². The summed E-state index contributed by atoms with van der Waals surface area (Å²) in [5.41, 5.74) is 0.905. The normalized spacial score (nSPS) is 24.9. The Labute approximate surface area is 149 Å². The lowest BCUT2D eigenvalue weighted by Gasteiger charge is -2.33. The van der Waals surface area contributed by atoms with Gasteiger partial charge in [-0.3, -0.25) is 0 Å². The molecule has 0 bridgehead atoms. The average molecular weight is 347 g/mol. The number of carbonyl (C=O) groups excluding carboxylic acids is 1. The molecule has 25 heavy (non-hydrogen) atoms. The van der Waals surface area contributed by atoms with Crippen molar-refractivity contribution in [3.05, 3.63) is 29.8 Å². The SMILES string of the molecule is CN1CCCC(CCNC(=O)N2CCOC(c3cccc(O)c3)C2)C1. The van der Waals surface area contributed by atoms with Gasteiger partial charge in [0, 0.05) is 19.6 Å². The minimum atomic E-state index is -0.182. The molecule has 2 aliphatic rings. The number of nitrogens with one attached hydrogen (secondary N) is 1. The van der Waals surface area contributed by atoms with Crippen LogP contribution in [-0.2, 0) is 4.74 Å². The highest BCUT2D eigenvalue weighted by molar-refractivity contribution is 5.74. The number of hydrogen-bond donors (Lipinski definition) is 2. The fourth-order valence-corrected chi connectivity index (χ4v) is 3.76. The predicted octanol–water partition coefficient (Wildman–Crippen LogP) is 2.21. The van der Waals surface area contributed by atoms with Crippen LogP contribution in [0, 0.1) is 5.92 Å². The lowest BCUT2D eigenvalue weighted by atomic mass is 9.95. The van der Waals surface area contributed by atoms with Crippen LogP contribution in [0.4, 0.5) is 4.79 Å². The minimum Gasteiger partial charge on any atom is -0.508 e. The molecule has 1 aromatic carbocycles. The number of hydrogen-bond acceptors (Lipinski definition) is 4. The molecule has 6 nitrogen and oxygen atoms in total. The third kappa shape index (κ3) is 5.09. The van der Waals surface area contributed by atoms with Gasteiger partial charge in [0.1, 0.15) is 11.9 Å². The lowest BCUT2D eigenvalue weighted by molar-refractivity contribution is -0.0155. The molecule has 1 aromatic rings. The number of ether oxygens (including phenoxy) is 1. The molecular formula is C19H29N3O3. The summed E-state index contributed by atoms with van der Waals surface area (Å²) >= 11 is 0. The van der Waals surface area contributed by atoms with Crippen molar-refractivity contribution in [1.82, 2.24) is 15.1 Å². The summed E-state index contributed by atoms with van der Waals surface area (Å²) in [5, 5.41) is 12.7. The predicted molar refractivity (Wildman–Crippen MR) is 96.6 cm³/mol. The van der Waals surface area contributed by atoms with E-state index in [2.05, 4.69) is 17.3 Å². The molecule has 3 rings (SSSR count). The van der Waals surface area contributed by atoms with E-state index in [1.54, 1.807) is 18.2 Å². The van der Waals surface area contributed by atoms with Crippen LogP contribution in [0.15, 0.2) is 24.3 Å². The number of amides is 2. The number of urea groups is 1. The highest BCUT2D eigenvalue weighted by Crippen LogP contribution is 2.25. The average Bonchev–Trinajstić information content (AvgIpc) is 2.62. The largest absolute Gasteiger partial charge is 0.508 e. The van der Waals surface area contributed by atoms with E-state index in [1.165, 1.54) is 19.4 Å². The fourth-order valence-electron chi connectivity index (χ4n) is 3.76. The number of benzene rings is 1. The van der Waals surface area contributed by atoms with Crippen molar-refractivity contribution in [2.75, 3.05) is 46.4 Å². The first kappa shape index (κ1) is 18.0. The van der Waals surface area contributed by atoms with Gasteiger partial charge < -0.3 is 25.0 Å². The van der Waals surface area contributed by atoms with Crippen molar-refractivity contribution in [2.45, 2.75) is 25.4 Å². The number of rotatable bonds is 4. The van der Waals surface area contributed by atoms with Crippen molar-refractivity contribution in [3.8, 4) is 5.75 Å². The van der Waals surface area contributed by atoms with Crippen LogP contribution in [0.1, 0.15) is 30.9 Å². The molecule has 138 valence electrons. The maximum Gasteiger partial charge on any atom is 0.317 e. The Morgan fingerprint density at radius 2 is 2.24 bits per heavy atom. The van der Waals surface area contributed by atoms with Gasteiger partial charge in [-0.05, 0) is 56.5 Å². The molecule has 0 radical (unpaired) electrons. The molecule has 6 heteroatoms. The van der Waals surface area contributed by atoms with E-state index < -0.39 is 0 Å². The maximum atomic E-state index is 12.4. The van der Waals surface area contributed by atoms with Gasteiger partial charge in [0.25, 0.3) is 0 Å². The van der Waals surface area contributed by atoms with E-state index in [4.69, 9.17) is 4.74 Å². The third-order valence-electron chi connectivity index (χ3n) is 5.15. The lowest BCUT2D eigenvalue weighted by Crippen LogP contribution is -2.47. The number of aromatic hydroxyl groups is 1. The van der Waals surface area contributed by atoms with Crippen LogP contribution in [-0.4, -0.2) is 67.3 Å². The number of morpholine rings is 1. The van der Waals surface area contributed by atoms with Crippen molar-refractivity contribution in [2.24, 2.45) is 5.92 Å². The maximum absolute atomic E-state index is 12.4. The quantitative estimate of drug-likeness (QED) is 0.876. The van der Waals surface area contributed by atoms with Gasteiger partial charge in [-0.15, -0.1) is 0 Å². The molecule has 2 aliphatic heterocycles. The molecule has 2 N–H and O–H groups in total. The van der Waals surface area contributed by atoms with E-state index in [0.29, 0.717) is 25.6 Å². The van der Waals surface area contributed by atoms with Crippen molar-refractivity contribution in [1.29, 1.82) is 0 Å². The zero-order valence-electron chi connectivity index (χ0n) is 15.0. The van der Waals surface area contributed by atoms with Gasteiger partial charge in [0.2, 0.25) is 0 Å². The smallest absolute Gasteiger partial charge is 0.317 e. The molecule has 0 aliphatic carbocycles. The second-order valence-corrected chi connectivity index (χ2v) is 7.19. The summed E-state index contributed by atoms with van der Waals surface area (Å²) in [6.07, 6.45) is 3.37. The number of likely N-dealkylation sites (tertiary alicyclic amines) is 1. The second-order valence-electron chi connectivity index (χ2n) is 7.19. The summed E-state index contributed by atoms with van der Waals surface area (Å²) in [6, 6.07) is 7.04. The molecule has 0 spiro atoms. The molecule has 2 amide bonds. The Morgan fingerprint density at radius 1 is 1.36 bits per heavy atom. The summed E-state index contributed by atoms with van der Waals surface area (Å²) in [7, 11) is 2.17. The summed E-state index contributed by atoms with van der Waals surface area (Å²) < 4.78 is 5.77. The fraction of sp³-hybridized carbons (Fsp3) is 0.632. The zero-order valence-corrected chi connectivity index (χ0v) is 15.0. The molecule has 2 unspecified atom stereocenters. The number of phenolic OH excluding ortho intramolecular Hbond substituents is 1. The van der Waals surface area contributed by atoms with E-state index in [0.717, 1.165) is 25.1 Å².